The number of carbonyl (C=O) groups is 1. The molecule has 1 aliphatic heterocycles. The van der Waals surface area contributed by atoms with Crippen molar-refractivity contribution in [2.24, 2.45) is 7.05 Å². The van der Waals surface area contributed by atoms with Crippen molar-refractivity contribution in [3.63, 3.8) is 0 Å². The Morgan fingerprint density at radius 3 is 2.73 bits per heavy atom. The summed E-state index contributed by atoms with van der Waals surface area (Å²) in [5.41, 5.74) is 3.25. The summed E-state index contributed by atoms with van der Waals surface area (Å²) in [6.45, 7) is 0.781. The van der Waals surface area contributed by atoms with Crippen LogP contribution in [0.15, 0.2) is 79.0 Å². The first-order chi connectivity index (χ1) is 16.1. The summed E-state index contributed by atoms with van der Waals surface area (Å²) in [7, 11) is 2.03. The third kappa shape index (κ3) is 4.55. The number of ether oxygens (including phenoxy) is 2. The van der Waals surface area contributed by atoms with E-state index in [0.29, 0.717) is 30.3 Å². The molecule has 1 amide bonds. The maximum absolute atomic E-state index is 13.1. The van der Waals surface area contributed by atoms with Gasteiger partial charge in [0, 0.05) is 41.5 Å². The molecule has 3 aromatic carbocycles. The summed E-state index contributed by atoms with van der Waals surface area (Å²) < 4.78 is 13.8. The number of fused-ring (bicyclic) bond motifs is 2. The van der Waals surface area contributed by atoms with E-state index >= 15 is 0 Å². The first kappa shape index (κ1) is 21.4. The number of nitrogens with zero attached hydrogens (tertiary/aromatic N) is 1. The highest BCUT2D eigenvalue weighted by molar-refractivity contribution is 6.30. The summed E-state index contributed by atoms with van der Waals surface area (Å²) in [6.07, 6.45) is 2.18. The zero-order valence-corrected chi connectivity index (χ0v) is 19.1. The molecule has 0 fully saturated rings. The van der Waals surface area contributed by atoms with Gasteiger partial charge in [-0.3, -0.25) is 4.79 Å². The first-order valence-electron chi connectivity index (χ1n) is 11.0. The summed E-state index contributed by atoms with van der Waals surface area (Å²) >= 11 is 6.30. The SMILES string of the molecule is Cn1cc([C@H](CC(=O)NC[C@@H]2COc3ccccc3O2)c2cccc(Cl)c2)c2ccccc21. The number of para-hydroxylation sites is 3. The van der Waals surface area contributed by atoms with Crippen LogP contribution in [0.4, 0.5) is 0 Å². The fourth-order valence-corrected chi connectivity index (χ4v) is 4.63. The molecule has 0 radical (unpaired) electrons. The molecule has 5 rings (SSSR count). The van der Waals surface area contributed by atoms with Crippen molar-refractivity contribution < 1.29 is 14.3 Å². The van der Waals surface area contributed by atoms with E-state index in [9.17, 15) is 4.79 Å². The molecule has 2 atom stereocenters. The third-order valence-corrected chi connectivity index (χ3v) is 6.27. The number of amides is 1. The van der Waals surface area contributed by atoms with Gasteiger partial charge in [-0.05, 0) is 41.5 Å². The minimum Gasteiger partial charge on any atom is -0.486 e. The Hall–Kier alpha value is -3.44. The fraction of sp³-hybridized carbons (Fsp3) is 0.222. The second-order valence-corrected chi connectivity index (χ2v) is 8.76. The zero-order valence-electron chi connectivity index (χ0n) is 18.3. The van der Waals surface area contributed by atoms with E-state index in [1.165, 1.54) is 0 Å². The van der Waals surface area contributed by atoms with Gasteiger partial charge in [0.25, 0.3) is 0 Å². The molecular formula is C27H25ClN2O3. The van der Waals surface area contributed by atoms with Crippen LogP contribution in [-0.4, -0.2) is 29.7 Å². The number of halogens is 1. The van der Waals surface area contributed by atoms with Gasteiger partial charge in [-0.1, -0.05) is 54.1 Å². The lowest BCUT2D eigenvalue weighted by Crippen LogP contribution is -2.41. The lowest BCUT2D eigenvalue weighted by molar-refractivity contribution is -0.121. The number of hydrogen-bond donors (Lipinski definition) is 1. The van der Waals surface area contributed by atoms with E-state index in [1.54, 1.807) is 0 Å². The van der Waals surface area contributed by atoms with Crippen LogP contribution in [0.25, 0.3) is 10.9 Å². The van der Waals surface area contributed by atoms with Crippen molar-refractivity contribution in [3.05, 3.63) is 95.1 Å². The van der Waals surface area contributed by atoms with Crippen LogP contribution in [0.1, 0.15) is 23.5 Å². The number of hydrogen-bond acceptors (Lipinski definition) is 3. The molecule has 1 aliphatic rings. The lowest BCUT2D eigenvalue weighted by atomic mass is 9.88. The molecular weight excluding hydrogens is 436 g/mol. The standard InChI is InChI=1S/C27H25ClN2O3/c1-30-16-23(21-9-2-3-10-24(21)30)22(18-7-6-8-19(28)13-18)14-27(31)29-15-20-17-32-25-11-4-5-12-26(25)33-20/h2-13,16,20,22H,14-15,17H2,1H3,(H,29,31)/t20-,22-/m1/s1. The molecule has 5 nitrogen and oxygen atoms in total. The number of aryl methyl sites for hydroxylation is 1. The monoisotopic (exact) mass is 460 g/mol. The van der Waals surface area contributed by atoms with Gasteiger partial charge in [-0.2, -0.15) is 0 Å². The predicted octanol–water partition coefficient (Wildman–Crippen LogP) is 5.31. The average Bonchev–Trinajstić information content (AvgIpc) is 3.17. The van der Waals surface area contributed by atoms with E-state index < -0.39 is 0 Å². The highest BCUT2D eigenvalue weighted by Crippen LogP contribution is 2.35. The van der Waals surface area contributed by atoms with Gasteiger partial charge in [-0.15, -0.1) is 0 Å². The smallest absolute Gasteiger partial charge is 0.221 e. The Bertz CT molecular complexity index is 1300. The average molecular weight is 461 g/mol. The molecule has 168 valence electrons. The molecule has 1 aromatic heterocycles. The van der Waals surface area contributed by atoms with Gasteiger partial charge < -0.3 is 19.4 Å². The lowest BCUT2D eigenvalue weighted by Gasteiger charge is -2.26. The van der Waals surface area contributed by atoms with E-state index in [-0.39, 0.29) is 17.9 Å². The van der Waals surface area contributed by atoms with E-state index in [0.717, 1.165) is 27.8 Å². The number of aromatic nitrogens is 1. The molecule has 0 aliphatic carbocycles. The van der Waals surface area contributed by atoms with E-state index in [2.05, 4.69) is 28.2 Å². The van der Waals surface area contributed by atoms with Crippen molar-refractivity contribution in [2.45, 2.75) is 18.4 Å². The second kappa shape index (κ2) is 9.20. The van der Waals surface area contributed by atoms with Crippen molar-refractivity contribution in [1.82, 2.24) is 9.88 Å². The molecule has 4 aromatic rings. The van der Waals surface area contributed by atoms with Crippen molar-refractivity contribution in [3.8, 4) is 11.5 Å². The van der Waals surface area contributed by atoms with Crippen LogP contribution in [0, 0.1) is 0 Å². The second-order valence-electron chi connectivity index (χ2n) is 8.33. The molecule has 0 saturated carbocycles. The van der Waals surface area contributed by atoms with Gasteiger partial charge in [0.1, 0.15) is 12.7 Å². The Balaban J connectivity index is 1.35. The van der Waals surface area contributed by atoms with Crippen LogP contribution in [-0.2, 0) is 11.8 Å². The fourth-order valence-electron chi connectivity index (χ4n) is 4.43. The summed E-state index contributed by atoms with van der Waals surface area (Å²) in [5.74, 6) is 1.27. The van der Waals surface area contributed by atoms with E-state index in [1.807, 2.05) is 67.7 Å². The van der Waals surface area contributed by atoms with E-state index in [4.69, 9.17) is 21.1 Å². The zero-order chi connectivity index (χ0) is 22.8. The van der Waals surface area contributed by atoms with Gasteiger partial charge in [0.2, 0.25) is 5.91 Å². The quantitative estimate of drug-likeness (QED) is 0.424. The topological polar surface area (TPSA) is 52.5 Å². The molecule has 0 unspecified atom stereocenters. The number of nitrogens with one attached hydrogen (secondary N) is 1. The van der Waals surface area contributed by atoms with Crippen LogP contribution in [0.2, 0.25) is 5.02 Å². The maximum Gasteiger partial charge on any atom is 0.221 e. The summed E-state index contributed by atoms with van der Waals surface area (Å²) in [6, 6.07) is 23.6. The normalized spacial score (nSPS) is 15.9. The molecule has 2 heterocycles. The molecule has 1 N–H and O–H groups in total. The Morgan fingerprint density at radius 1 is 1.09 bits per heavy atom. The van der Waals surface area contributed by atoms with Gasteiger partial charge >= 0.3 is 0 Å². The largest absolute Gasteiger partial charge is 0.486 e. The minimum atomic E-state index is -0.231. The number of carbonyl (C=O) groups excluding carboxylic acids is 1. The van der Waals surface area contributed by atoms with Gasteiger partial charge in [0.05, 0.1) is 6.54 Å². The van der Waals surface area contributed by atoms with Gasteiger partial charge in [0.15, 0.2) is 11.5 Å². The first-order valence-corrected chi connectivity index (χ1v) is 11.4. The van der Waals surface area contributed by atoms with Crippen molar-refractivity contribution >= 4 is 28.4 Å². The third-order valence-electron chi connectivity index (χ3n) is 6.04. The maximum atomic E-state index is 13.1. The Labute approximate surface area is 197 Å². The number of rotatable bonds is 6. The van der Waals surface area contributed by atoms with Crippen LogP contribution >= 0.6 is 11.6 Å². The molecule has 6 heteroatoms. The van der Waals surface area contributed by atoms with Crippen LogP contribution in [0.3, 0.4) is 0 Å². The minimum absolute atomic E-state index is 0.0460. The van der Waals surface area contributed by atoms with Crippen molar-refractivity contribution in [1.29, 1.82) is 0 Å². The Kier molecular flexibility index (Phi) is 5.97. The number of benzene rings is 3. The summed E-state index contributed by atoms with van der Waals surface area (Å²) in [4.78, 5) is 13.1. The van der Waals surface area contributed by atoms with Crippen LogP contribution in [0.5, 0.6) is 11.5 Å². The Morgan fingerprint density at radius 2 is 1.88 bits per heavy atom. The van der Waals surface area contributed by atoms with Gasteiger partial charge in [-0.25, -0.2) is 0 Å². The van der Waals surface area contributed by atoms with Crippen molar-refractivity contribution in [2.75, 3.05) is 13.2 Å². The highest BCUT2D eigenvalue weighted by atomic mass is 35.5. The molecule has 0 saturated heterocycles. The predicted molar refractivity (Wildman–Crippen MR) is 130 cm³/mol. The molecule has 33 heavy (non-hydrogen) atoms. The molecule has 0 spiro atoms. The van der Waals surface area contributed by atoms with Crippen LogP contribution < -0.4 is 14.8 Å². The highest BCUT2D eigenvalue weighted by Gasteiger charge is 2.25. The molecule has 0 bridgehead atoms. The summed E-state index contributed by atoms with van der Waals surface area (Å²) in [5, 5.41) is 4.83.